The molecular formula is C13H13Cl2N3O. The van der Waals surface area contributed by atoms with Crippen molar-refractivity contribution in [3.8, 4) is 0 Å². The van der Waals surface area contributed by atoms with Crippen LogP contribution < -0.4 is 5.32 Å². The zero-order valence-electron chi connectivity index (χ0n) is 10.5. The molecule has 19 heavy (non-hydrogen) atoms. The smallest absolute Gasteiger partial charge is 0.273 e. The summed E-state index contributed by atoms with van der Waals surface area (Å²) in [4.78, 5) is 16.2. The van der Waals surface area contributed by atoms with Crippen LogP contribution in [0.5, 0.6) is 0 Å². The van der Waals surface area contributed by atoms with Crippen LogP contribution in [0.3, 0.4) is 0 Å². The molecule has 1 N–H and O–H groups in total. The Balaban J connectivity index is 2.23. The SMILES string of the molecule is CC(C)n1cncc1C(=O)Nc1ccc(Cl)cc1Cl. The molecule has 0 fully saturated rings. The molecule has 0 unspecified atom stereocenters. The van der Waals surface area contributed by atoms with Crippen molar-refractivity contribution in [3.05, 3.63) is 46.5 Å². The Hall–Kier alpha value is -1.52. The number of hydrogen-bond acceptors (Lipinski definition) is 2. The number of aromatic nitrogens is 2. The van der Waals surface area contributed by atoms with E-state index >= 15 is 0 Å². The van der Waals surface area contributed by atoms with E-state index in [1.807, 2.05) is 13.8 Å². The van der Waals surface area contributed by atoms with Crippen LogP contribution in [0.25, 0.3) is 0 Å². The first-order valence-electron chi connectivity index (χ1n) is 5.77. The van der Waals surface area contributed by atoms with Gasteiger partial charge in [0, 0.05) is 11.1 Å². The maximum absolute atomic E-state index is 12.2. The monoisotopic (exact) mass is 297 g/mol. The summed E-state index contributed by atoms with van der Waals surface area (Å²) in [5, 5.41) is 3.67. The highest BCUT2D eigenvalue weighted by Gasteiger charge is 2.15. The minimum atomic E-state index is -0.254. The molecule has 0 radical (unpaired) electrons. The first kappa shape index (κ1) is 13.9. The van der Waals surface area contributed by atoms with E-state index in [2.05, 4.69) is 10.3 Å². The highest BCUT2D eigenvalue weighted by molar-refractivity contribution is 6.36. The van der Waals surface area contributed by atoms with E-state index < -0.39 is 0 Å². The van der Waals surface area contributed by atoms with Gasteiger partial charge in [-0.25, -0.2) is 4.98 Å². The van der Waals surface area contributed by atoms with E-state index in [0.29, 0.717) is 21.4 Å². The van der Waals surface area contributed by atoms with Crippen LogP contribution in [0.15, 0.2) is 30.7 Å². The molecule has 0 saturated heterocycles. The van der Waals surface area contributed by atoms with Gasteiger partial charge in [-0.3, -0.25) is 4.79 Å². The zero-order chi connectivity index (χ0) is 14.0. The van der Waals surface area contributed by atoms with Crippen LogP contribution in [-0.2, 0) is 0 Å². The van der Waals surface area contributed by atoms with E-state index in [4.69, 9.17) is 23.2 Å². The molecule has 0 spiro atoms. The van der Waals surface area contributed by atoms with Crippen molar-refractivity contribution in [2.75, 3.05) is 5.32 Å². The molecule has 2 rings (SSSR count). The summed E-state index contributed by atoms with van der Waals surface area (Å²) in [6, 6.07) is 5.07. The lowest BCUT2D eigenvalue weighted by Crippen LogP contribution is -2.17. The molecule has 1 aromatic carbocycles. The lowest BCUT2D eigenvalue weighted by Gasteiger charge is -2.12. The number of hydrogen-bond donors (Lipinski definition) is 1. The Bertz CT molecular complexity index is 608. The first-order valence-corrected chi connectivity index (χ1v) is 6.53. The molecule has 0 bridgehead atoms. The average Bonchev–Trinajstić information content (AvgIpc) is 2.82. The van der Waals surface area contributed by atoms with Crippen LogP contribution in [0.1, 0.15) is 30.4 Å². The van der Waals surface area contributed by atoms with E-state index in [1.165, 1.54) is 6.20 Å². The number of imidazole rings is 1. The molecule has 0 aliphatic carbocycles. The van der Waals surface area contributed by atoms with Gasteiger partial charge in [-0.1, -0.05) is 23.2 Å². The number of halogens is 2. The molecule has 2 aromatic rings. The minimum absolute atomic E-state index is 0.156. The predicted molar refractivity (Wildman–Crippen MR) is 77.0 cm³/mol. The van der Waals surface area contributed by atoms with Gasteiger partial charge in [0.1, 0.15) is 5.69 Å². The Kier molecular flexibility index (Phi) is 4.12. The summed E-state index contributed by atoms with van der Waals surface area (Å²) in [5.41, 5.74) is 1.01. The van der Waals surface area contributed by atoms with E-state index in [9.17, 15) is 4.79 Å². The molecule has 0 aliphatic rings. The quantitative estimate of drug-likeness (QED) is 0.930. The third-order valence-corrected chi connectivity index (χ3v) is 3.18. The second-order valence-electron chi connectivity index (χ2n) is 4.36. The average molecular weight is 298 g/mol. The van der Waals surface area contributed by atoms with Gasteiger partial charge in [0.05, 0.1) is 23.2 Å². The first-order chi connectivity index (χ1) is 8.99. The van der Waals surface area contributed by atoms with E-state index in [0.717, 1.165) is 0 Å². The number of nitrogens with one attached hydrogen (secondary N) is 1. The molecule has 1 amide bonds. The molecule has 0 aliphatic heterocycles. The van der Waals surface area contributed by atoms with Crippen LogP contribution >= 0.6 is 23.2 Å². The van der Waals surface area contributed by atoms with Crippen molar-refractivity contribution in [2.24, 2.45) is 0 Å². The van der Waals surface area contributed by atoms with Gasteiger partial charge in [-0.05, 0) is 32.0 Å². The van der Waals surface area contributed by atoms with Gasteiger partial charge < -0.3 is 9.88 Å². The summed E-state index contributed by atoms with van der Waals surface area (Å²) in [7, 11) is 0. The minimum Gasteiger partial charge on any atom is -0.324 e. The van der Waals surface area contributed by atoms with Gasteiger partial charge >= 0.3 is 0 Å². The third kappa shape index (κ3) is 3.08. The fourth-order valence-corrected chi connectivity index (χ4v) is 2.12. The lowest BCUT2D eigenvalue weighted by atomic mass is 10.3. The Morgan fingerprint density at radius 1 is 1.37 bits per heavy atom. The Morgan fingerprint density at radius 3 is 2.74 bits per heavy atom. The van der Waals surface area contributed by atoms with Crippen molar-refractivity contribution in [2.45, 2.75) is 19.9 Å². The van der Waals surface area contributed by atoms with Gasteiger partial charge in [-0.15, -0.1) is 0 Å². The molecule has 1 aromatic heterocycles. The summed E-state index contributed by atoms with van der Waals surface area (Å²) >= 11 is 11.8. The van der Waals surface area contributed by atoms with Gasteiger partial charge in [0.25, 0.3) is 5.91 Å². The molecule has 0 saturated carbocycles. The molecule has 100 valence electrons. The number of benzene rings is 1. The largest absolute Gasteiger partial charge is 0.324 e. The van der Waals surface area contributed by atoms with Crippen molar-refractivity contribution in [1.82, 2.24) is 9.55 Å². The van der Waals surface area contributed by atoms with Crippen molar-refractivity contribution in [1.29, 1.82) is 0 Å². The molecule has 0 atom stereocenters. The highest BCUT2D eigenvalue weighted by Crippen LogP contribution is 2.25. The second kappa shape index (κ2) is 5.63. The van der Waals surface area contributed by atoms with Crippen LogP contribution in [0.4, 0.5) is 5.69 Å². The van der Waals surface area contributed by atoms with Gasteiger partial charge in [0.2, 0.25) is 0 Å². The van der Waals surface area contributed by atoms with Crippen molar-refractivity contribution >= 4 is 34.8 Å². The summed E-state index contributed by atoms with van der Waals surface area (Å²) in [5.74, 6) is -0.254. The highest BCUT2D eigenvalue weighted by atomic mass is 35.5. The Morgan fingerprint density at radius 2 is 2.11 bits per heavy atom. The van der Waals surface area contributed by atoms with Crippen LogP contribution in [-0.4, -0.2) is 15.5 Å². The van der Waals surface area contributed by atoms with Gasteiger partial charge in [-0.2, -0.15) is 0 Å². The van der Waals surface area contributed by atoms with Crippen molar-refractivity contribution in [3.63, 3.8) is 0 Å². The van der Waals surface area contributed by atoms with Crippen LogP contribution in [0, 0.1) is 0 Å². The maximum atomic E-state index is 12.2. The van der Waals surface area contributed by atoms with E-state index in [-0.39, 0.29) is 11.9 Å². The van der Waals surface area contributed by atoms with E-state index in [1.54, 1.807) is 29.1 Å². The third-order valence-electron chi connectivity index (χ3n) is 2.63. The number of amides is 1. The molecule has 4 nitrogen and oxygen atoms in total. The number of rotatable bonds is 3. The normalized spacial score (nSPS) is 10.8. The summed E-state index contributed by atoms with van der Waals surface area (Å²) < 4.78 is 1.79. The summed E-state index contributed by atoms with van der Waals surface area (Å²) in [6.45, 7) is 3.96. The standard InChI is InChI=1S/C13H13Cl2N3O/c1-8(2)18-7-16-6-12(18)13(19)17-11-4-3-9(14)5-10(11)15/h3-8H,1-2H3,(H,17,19). The molecule has 6 heteroatoms. The van der Waals surface area contributed by atoms with Crippen LogP contribution in [0.2, 0.25) is 10.0 Å². The topological polar surface area (TPSA) is 46.9 Å². The number of carbonyl (C=O) groups is 1. The summed E-state index contributed by atoms with van der Waals surface area (Å²) in [6.07, 6.45) is 3.15. The second-order valence-corrected chi connectivity index (χ2v) is 5.20. The Labute approximate surface area is 121 Å². The van der Waals surface area contributed by atoms with Gasteiger partial charge in [0.15, 0.2) is 0 Å². The predicted octanol–water partition coefficient (Wildman–Crippen LogP) is 4.02. The molecule has 1 heterocycles. The zero-order valence-corrected chi connectivity index (χ0v) is 12.0. The maximum Gasteiger partial charge on any atom is 0.273 e. The lowest BCUT2D eigenvalue weighted by molar-refractivity contribution is 0.101. The fraction of sp³-hybridized carbons (Fsp3) is 0.231. The fourth-order valence-electron chi connectivity index (χ4n) is 1.67. The number of nitrogens with zero attached hydrogens (tertiary/aromatic N) is 2. The van der Waals surface area contributed by atoms with Crippen molar-refractivity contribution < 1.29 is 4.79 Å². The number of anilines is 1. The molecular weight excluding hydrogens is 285 g/mol. The number of carbonyl (C=O) groups excluding carboxylic acids is 1.